The number of benzene rings is 1. The summed E-state index contributed by atoms with van der Waals surface area (Å²) in [5.41, 5.74) is 1.42. The molecule has 0 unspecified atom stereocenters. The number of likely N-dealkylation sites (N-methyl/N-ethyl adjacent to an activating group) is 1. The van der Waals surface area contributed by atoms with E-state index in [1.165, 1.54) is 4.80 Å². The summed E-state index contributed by atoms with van der Waals surface area (Å²) >= 11 is 0. The lowest BCUT2D eigenvalue weighted by Crippen LogP contribution is -2.49. The predicted octanol–water partition coefficient (Wildman–Crippen LogP) is 1.10. The van der Waals surface area contributed by atoms with Gasteiger partial charge in [-0.2, -0.15) is 4.80 Å². The van der Waals surface area contributed by atoms with Gasteiger partial charge in [-0.25, -0.2) is 4.79 Å². The number of amides is 3. The maximum atomic E-state index is 12.2. The van der Waals surface area contributed by atoms with Crippen LogP contribution < -0.4 is 10.6 Å². The molecule has 0 spiro atoms. The summed E-state index contributed by atoms with van der Waals surface area (Å²) in [5.74, 6) is 0.622. The number of anilines is 1. The van der Waals surface area contributed by atoms with Gasteiger partial charge in [0.15, 0.2) is 0 Å². The van der Waals surface area contributed by atoms with Crippen LogP contribution in [0.2, 0.25) is 0 Å². The van der Waals surface area contributed by atoms with Crippen molar-refractivity contribution in [2.24, 2.45) is 0 Å². The molecular formula is C16H21N7O2. The number of tetrazole rings is 1. The summed E-state index contributed by atoms with van der Waals surface area (Å²) in [6.07, 6.45) is 1.11. The molecule has 1 aromatic heterocycles. The van der Waals surface area contributed by atoms with Crippen molar-refractivity contribution in [3.63, 3.8) is 0 Å². The molecule has 0 bridgehead atoms. The quantitative estimate of drug-likeness (QED) is 0.865. The Morgan fingerprint density at radius 3 is 2.96 bits per heavy atom. The number of hydrogen-bond acceptors (Lipinski definition) is 5. The Morgan fingerprint density at radius 2 is 2.24 bits per heavy atom. The normalized spacial score (nSPS) is 17.4. The number of carbonyl (C=O) groups is 2. The van der Waals surface area contributed by atoms with Crippen molar-refractivity contribution < 1.29 is 9.59 Å². The highest BCUT2D eigenvalue weighted by atomic mass is 16.2. The van der Waals surface area contributed by atoms with E-state index in [0.29, 0.717) is 37.4 Å². The predicted molar refractivity (Wildman–Crippen MR) is 91.7 cm³/mol. The van der Waals surface area contributed by atoms with Gasteiger partial charge in [-0.15, -0.1) is 10.2 Å². The average Bonchev–Trinajstić information content (AvgIpc) is 3.07. The summed E-state index contributed by atoms with van der Waals surface area (Å²) in [7, 11) is 1.74. The molecule has 1 fully saturated rings. The van der Waals surface area contributed by atoms with Crippen molar-refractivity contribution in [2.45, 2.75) is 32.4 Å². The van der Waals surface area contributed by atoms with Crippen LogP contribution in [0.1, 0.15) is 19.8 Å². The van der Waals surface area contributed by atoms with Crippen LogP contribution in [0.15, 0.2) is 24.3 Å². The number of carbonyl (C=O) groups excluding carboxylic acids is 2. The smallest absolute Gasteiger partial charge is 0.319 e. The van der Waals surface area contributed by atoms with Crippen LogP contribution in [-0.4, -0.2) is 56.7 Å². The number of urea groups is 1. The van der Waals surface area contributed by atoms with Gasteiger partial charge in [0, 0.05) is 37.3 Å². The van der Waals surface area contributed by atoms with E-state index >= 15 is 0 Å². The summed E-state index contributed by atoms with van der Waals surface area (Å²) in [5, 5.41) is 17.9. The minimum atomic E-state index is -0.296. The van der Waals surface area contributed by atoms with E-state index in [-0.39, 0.29) is 18.0 Å². The first-order valence-corrected chi connectivity index (χ1v) is 8.25. The lowest BCUT2D eigenvalue weighted by Gasteiger charge is -2.30. The zero-order valence-corrected chi connectivity index (χ0v) is 14.3. The number of aryl methyl sites for hydroxylation is 1. The van der Waals surface area contributed by atoms with Crippen LogP contribution in [0.4, 0.5) is 10.5 Å². The Kier molecular flexibility index (Phi) is 4.92. The van der Waals surface area contributed by atoms with Crippen LogP contribution in [0.25, 0.3) is 11.4 Å². The van der Waals surface area contributed by atoms with E-state index < -0.39 is 0 Å². The van der Waals surface area contributed by atoms with Crippen molar-refractivity contribution >= 4 is 17.6 Å². The van der Waals surface area contributed by atoms with Crippen LogP contribution in [0.5, 0.6) is 0 Å². The fourth-order valence-corrected chi connectivity index (χ4v) is 2.71. The molecule has 0 aliphatic carbocycles. The Bertz CT molecular complexity index is 773. The van der Waals surface area contributed by atoms with Gasteiger partial charge >= 0.3 is 6.03 Å². The fourth-order valence-electron chi connectivity index (χ4n) is 2.71. The highest BCUT2D eigenvalue weighted by molar-refractivity contribution is 5.90. The largest absolute Gasteiger partial charge is 0.344 e. The molecule has 2 aromatic rings. The minimum Gasteiger partial charge on any atom is -0.344 e. The van der Waals surface area contributed by atoms with Crippen LogP contribution in [0, 0.1) is 0 Å². The van der Waals surface area contributed by atoms with Crippen LogP contribution in [0.3, 0.4) is 0 Å². The summed E-state index contributed by atoms with van der Waals surface area (Å²) in [6, 6.07) is 6.94. The van der Waals surface area contributed by atoms with Gasteiger partial charge in [0.05, 0.1) is 6.54 Å². The molecule has 2 heterocycles. The van der Waals surface area contributed by atoms with Crippen molar-refractivity contribution in [1.29, 1.82) is 0 Å². The Hall–Kier alpha value is -2.97. The molecule has 25 heavy (non-hydrogen) atoms. The van der Waals surface area contributed by atoms with E-state index in [1.54, 1.807) is 24.1 Å². The molecule has 0 saturated carbocycles. The van der Waals surface area contributed by atoms with Gasteiger partial charge in [0.2, 0.25) is 11.7 Å². The number of nitrogens with one attached hydrogen (secondary N) is 2. The maximum absolute atomic E-state index is 12.2. The number of piperidine rings is 1. The molecule has 132 valence electrons. The van der Waals surface area contributed by atoms with Gasteiger partial charge in [-0.05, 0) is 30.7 Å². The zero-order valence-electron chi connectivity index (χ0n) is 14.3. The number of rotatable bonds is 4. The van der Waals surface area contributed by atoms with Crippen molar-refractivity contribution in [2.75, 3.05) is 18.9 Å². The standard InChI is InChI=1S/C16H21N7O2/c1-3-23-20-15(19-21-23)11-5-4-6-12(9-11)17-16(25)18-13-7-8-14(24)22(2)10-13/h4-6,9,13H,3,7-8,10H2,1-2H3,(H2,17,18,25)/t13-/m1/s1. The number of nitrogens with zero attached hydrogens (tertiary/aromatic N) is 5. The SMILES string of the molecule is CCn1nnc(-c2cccc(NC(=O)N[C@@H]3CCC(=O)N(C)C3)c2)n1. The van der Waals surface area contributed by atoms with Gasteiger partial charge in [-0.1, -0.05) is 12.1 Å². The minimum absolute atomic E-state index is 0.0444. The summed E-state index contributed by atoms with van der Waals surface area (Å²) in [6.45, 7) is 3.10. The molecule has 9 heteroatoms. The summed E-state index contributed by atoms with van der Waals surface area (Å²) in [4.78, 5) is 26.8. The van der Waals surface area contributed by atoms with Gasteiger partial charge in [0.25, 0.3) is 0 Å². The molecule has 3 amide bonds. The highest BCUT2D eigenvalue weighted by Crippen LogP contribution is 2.19. The lowest BCUT2D eigenvalue weighted by atomic mass is 10.1. The van der Waals surface area contributed by atoms with Crippen molar-refractivity contribution in [3.8, 4) is 11.4 Å². The van der Waals surface area contributed by atoms with Gasteiger partial charge in [0.1, 0.15) is 0 Å². The van der Waals surface area contributed by atoms with E-state index in [1.807, 2.05) is 19.1 Å². The third kappa shape index (κ3) is 4.11. The lowest BCUT2D eigenvalue weighted by molar-refractivity contribution is -0.132. The Morgan fingerprint density at radius 1 is 1.40 bits per heavy atom. The fraction of sp³-hybridized carbons (Fsp3) is 0.438. The van der Waals surface area contributed by atoms with E-state index in [0.717, 1.165) is 5.56 Å². The second-order valence-corrected chi connectivity index (χ2v) is 5.99. The molecule has 1 atom stereocenters. The number of likely N-dealkylation sites (tertiary alicyclic amines) is 1. The first-order chi connectivity index (χ1) is 12.0. The molecular weight excluding hydrogens is 322 g/mol. The van der Waals surface area contributed by atoms with Gasteiger partial charge < -0.3 is 15.5 Å². The number of aromatic nitrogens is 4. The second-order valence-electron chi connectivity index (χ2n) is 5.99. The first kappa shape index (κ1) is 16.9. The first-order valence-electron chi connectivity index (χ1n) is 8.25. The Balaban J connectivity index is 1.62. The molecule has 0 radical (unpaired) electrons. The van der Waals surface area contributed by atoms with Crippen molar-refractivity contribution in [3.05, 3.63) is 24.3 Å². The van der Waals surface area contributed by atoms with E-state index in [4.69, 9.17) is 0 Å². The van der Waals surface area contributed by atoms with Crippen LogP contribution >= 0.6 is 0 Å². The molecule has 1 aliphatic rings. The monoisotopic (exact) mass is 343 g/mol. The van der Waals surface area contributed by atoms with E-state index in [9.17, 15) is 9.59 Å². The molecule has 1 saturated heterocycles. The topological polar surface area (TPSA) is 105 Å². The van der Waals surface area contributed by atoms with E-state index in [2.05, 4.69) is 26.0 Å². The van der Waals surface area contributed by atoms with Crippen LogP contribution in [-0.2, 0) is 11.3 Å². The molecule has 3 rings (SSSR count). The Labute approximate surface area is 145 Å². The second kappa shape index (κ2) is 7.29. The molecule has 9 nitrogen and oxygen atoms in total. The highest BCUT2D eigenvalue weighted by Gasteiger charge is 2.24. The zero-order chi connectivity index (χ0) is 17.8. The average molecular weight is 343 g/mol. The summed E-state index contributed by atoms with van der Waals surface area (Å²) < 4.78 is 0. The number of hydrogen-bond donors (Lipinski definition) is 2. The third-order valence-electron chi connectivity index (χ3n) is 4.08. The molecule has 1 aromatic carbocycles. The maximum Gasteiger partial charge on any atom is 0.319 e. The van der Waals surface area contributed by atoms with Crippen molar-refractivity contribution in [1.82, 2.24) is 30.4 Å². The third-order valence-corrected chi connectivity index (χ3v) is 4.08. The molecule has 2 N–H and O–H groups in total. The molecule has 1 aliphatic heterocycles. The van der Waals surface area contributed by atoms with Gasteiger partial charge in [-0.3, -0.25) is 4.79 Å².